The van der Waals surface area contributed by atoms with Gasteiger partial charge in [-0.25, -0.2) is 0 Å². The summed E-state index contributed by atoms with van der Waals surface area (Å²) in [6.07, 6.45) is 5.42. The Kier molecular flexibility index (Phi) is 4.00. The van der Waals surface area contributed by atoms with Gasteiger partial charge in [0.25, 0.3) is 0 Å². The first-order valence-electron chi connectivity index (χ1n) is 7.39. The monoisotopic (exact) mass is 253 g/mol. The number of hydrogen-bond acceptors (Lipinski definition) is 3. The number of ether oxygens (including phenoxy) is 1. The molecule has 2 N–H and O–H groups in total. The molecule has 104 valence electrons. The molecule has 2 aliphatic carbocycles. The minimum atomic E-state index is -0.317. The van der Waals surface area contributed by atoms with E-state index in [9.17, 15) is 4.79 Å². The highest BCUT2D eigenvalue weighted by Crippen LogP contribution is 2.47. The Bertz CT molecular complexity index is 310. The number of carbonyl (C=O) groups is 1. The van der Waals surface area contributed by atoms with E-state index in [1.807, 2.05) is 0 Å². The van der Waals surface area contributed by atoms with Crippen LogP contribution in [-0.2, 0) is 9.53 Å². The van der Waals surface area contributed by atoms with Crippen LogP contribution in [0.15, 0.2) is 0 Å². The van der Waals surface area contributed by atoms with E-state index in [4.69, 9.17) is 10.5 Å². The maximum absolute atomic E-state index is 12.2. The molecule has 0 spiro atoms. The number of carbonyl (C=O) groups excluding carboxylic acids is 1. The lowest BCUT2D eigenvalue weighted by molar-refractivity contribution is -0.162. The lowest BCUT2D eigenvalue weighted by atomic mass is 9.75. The van der Waals surface area contributed by atoms with E-state index < -0.39 is 0 Å². The van der Waals surface area contributed by atoms with Gasteiger partial charge in [-0.3, -0.25) is 4.79 Å². The second kappa shape index (κ2) is 5.20. The van der Waals surface area contributed by atoms with E-state index in [0.29, 0.717) is 24.3 Å². The fraction of sp³-hybridized carbons (Fsp3) is 0.933. The topological polar surface area (TPSA) is 52.3 Å². The first-order chi connectivity index (χ1) is 8.48. The van der Waals surface area contributed by atoms with Crippen LogP contribution in [0.2, 0.25) is 0 Å². The van der Waals surface area contributed by atoms with Crippen LogP contribution in [0.5, 0.6) is 0 Å². The van der Waals surface area contributed by atoms with Crippen LogP contribution in [0.3, 0.4) is 0 Å². The molecule has 0 bridgehead atoms. The van der Waals surface area contributed by atoms with Gasteiger partial charge in [-0.05, 0) is 43.4 Å². The van der Waals surface area contributed by atoms with Gasteiger partial charge in [0.1, 0.15) is 6.10 Å². The lowest BCUT2D eigenvalue weighted by Gasteiger charge is -2.37. The van der Waals surface area contributed by atoms with Crippen molar-refractivity contribution in [3.63, 3.8) is 0 Å². The van der Waals surface area contributed by atoms with E-state index in [1.165, 1.54) is 12.8 Å². The Morgan fingerprint density at radius 2 is 2.06 bits per heavy atom. The van der Waals surface area contributed by atoms with E-state index in [1.54, 1.807) is 0 Å². The molecule has 2 fully saturated rings. The zero-order valence-electron chi connectivity index (χ0n) is 11.9. The van der Waals surface area contributed by atoms with Gasteiger partial charge >= 0.3 is 5.97 Å². The molecule has 0 aliphatic heterocycles. The van der Waals surface area contributed by atoms with Crippen LogP contribution in [0.25, 0.3) is 0 Å². The van der Waals surface area contributed by atoms with Gasteiger partial charge < -0.3 is 10.5 Å². The maximum Gasteiger partial charge on any atom is 0.313 e. The summed E-state index contributed by atoms with van der Waals surface area (Å²) in [6, 6.07) is 0. The van der Waals surface area contributed by atoms with Crippen molar-refractivity contribution in [2.75, 3.05) is 6.54 Å². The molecule has 3 nitrogen and oxygen atoms in total. The molecule has 0 aromatic heterocycles. The van der Waals surface area contributed by atoms with Gasteiger partial charge in [-0.1, -0.05) is 27.2 Å². The Morgan fingerprint density at radius 1 is 1.39 bits per heavy atom. The maximum atomic E-state index is 12.2. The summed E-state index contributed by atoms with van der Waals surface area (Å²) in [4.78, 5) is 12.2. The Morgan fingerprint density at radius 3 is 2.56 bits per heavy atom. The van der Waals surface area contributed by atoms with Crippen molar-refractivity contribution >= 4 is 5.97 Å². The van der Waals surface area contributed by atoms with Crippen LogP contribution in [0.4, 0.5) is 0 Å². The predicted octanol–water partition coefficient (Wildman–Crippen LogP) is 2.73. The third-order valence-electron chi connectivity index (χ3n) is 4.90. The van der Waals surface area contributed by atoms with Gasteiger partial charge in [-0.2, -0.15) is 0 Å². The summed E-state index contributed by atoms with van der Waals surface area (Å²) >= 11 is 0. The van der Waals surface area contributed by atoms with Gasteiger partial charge in [0.15, 0.2) is 0 Å². The van der Waals surface area contributed by atoms with Crippen molar-refractivity contribution in [2.24, 2.45) is 28.9 Å². The van der Waals surface area contributed by atoms with Crippen molar-refractivity contribution in [1.82, 2.24) is 0 Å². The minimum absolute atomic E-state index is 0.0326. The third-order valence-corrected chi connectivity index (χ3v) is 4.90. The molecule has 18 heavy (non-hydrogen) atoms. The highest BCUT2D eigenvalue weighted by atomic mass is 16.5. The highest BCUT2D eigenvalue weighted by Gasteiger charge is 2.51. The normalized spacial score (nSPS) is 34.4. The van der Waals surface area contributed by atoms with Gasteiger partial charge in [0.2, 0.25) is 0 Å². The highest BCUT2D eigenvalue weighted by molar-refractivity contribution is 5.80. The molecular weight excluding hydrogens is 226 g/mol. The van der Waals surface area contributed by atoms with E-state index >= 15 is 0 Å². The summed E-state index contributed by atoms with van der Waals surface area (Å²) < 4.78 is 5.83. The van der Waals surface area contributed by atoms with Crippen molar-refractivity contribution < 1.29 is 9.53 Å². The average molecular weight is 253 g/mol. The minimum Gasteiger partial charge on any atom is -0.462 e. The molecule has 0 aromatic carbocycles. The molecule has 0 radical (unpaired) electrons. The van der Waals surface area contributed by atoms with Crippen molar-refractivity contribution in [3.05, 3.63) is 0 Å². The zero-order chi connectivity index (χ0) is 13.3. The lowest BCUT2D eigenvalue weighted by Crippen LogP contribution is -2.39. The average Bonchev–Trinajstić information content (AvgIpc) is 3.09. The fourth-order valence-corrected chi connectivity index (χ4v) is 3.16. The Balaban J connectivity index is 1.98. The molecule has 3 heteroatoms. The molecule has 0 saturated heterocycles. The number of hydrogen-bond donors (Lipinski definition) is 1. The smallest absolute Gasteiger partial charge is 0.313 e. The molecule has 0 heterocycles. The van der Waals surface area contributed by atoms with E-state index in [-0.39, 0.29) is 17.5 Å². The van der Waals surface area contributed by atoms with Crippen LogP contribution >= 0.6 is 0 Å². The summed E-state index contributed by atoms with van der Waals surface area (Å²) in [6.45, 7) is 7.17. The van der Waals surface area contributed by atoms with Crippen molar-refractivity contribution in [1.29, 1.82) is 0 Å². The summed E-state index contributed by atoms with van der Waals surface area (Å²) in [5, 5.41) is 0. The standard InChI is InChI=1S/C15H27NO2/c1-10(2)12-5-4-11(3)8-13(12)18-14(17)15(9-16)6-7-15/h10-13H,4-9,16H2,1-3H3. The van der Waals surface area contributed by atoms with Crippen LogP contribution < -0.4 is 5.73 Å². The first-order valence-corrected chi connectivity index (χ1v) is 7.39. The van der Waals surface area contributed by atoms with Crippen molar-refractivity contribution in [3.8, 4) is 0 Å². The second-order valence-electron chi connectivity index (χ2n) is 6.75. The number of rotatable bonds is 4. The molecule has 0 amide bonds. The SMILES string of the molecule is CC1CCC(C(C)C)C(OC(=O)C2(CN)CC2)C1. The van der Waals surface area contributed by atoms with Gasteiger partial charge in [-0.15, -0.1) is 0 Å². The fourth-order valence-electron chi connectivity index (χ4n) is 3.16. The van der Waals surface area contributed by atoms with Crippen molar-refractivity contribution in [2.45, 2.75) is 59.0 Å². The molecule has 2 saturated carbocycles. The van der Waals surface area contributed by atoms with Crippen LogP contribution in [0, 0.1) is 23.2 Å². The second-order valence-corrected chi connectivity index (χ2v) is 6.75. The van der Waals surface area contributed by atoms with E-state index in [0.717, 1.165) is 19.3 Å². The largest absolute Gasteiger partial charge is 0.462 e. The van der Waals surface area contributed by atoms with Gasteiger partial charge in [0.05, 0.1) is 5.41 Å². The van der Waals surface area contributed by atoms with Gasteiger partial charge in [0, 0.05) is 6.54 Å². The summed E-state index contributed by atoms with van der Waals surface area (Å²) in [7, 11) is 0. The zero-order valence-corrected chi connectivity index (χ0v) is 11.9. The quantitative estimate of drug-likeness (QED) is 0.784. The van der Waals surface area contributed by atoms with Crippen LogP contribution in [0.1, 0.15) is 52.9 Å². The molecule has 2 rings (SSSR count). The third kappa shape index (κ3) is 2.71. The Hall–Kier alpha value is -0.570. The molecular formula is C15H27NO2. The summed E-state index contributed by atoms with van der Waals surface area (Å²) in [5.41, 5.74) is 5.38. The molecule has 0 aromatic rings. The predicted molar refractivity (Wildman–Crippen MR) is 71.9 cm³/mol. The molecule has 2 aliphatic rings. The molecule has 3 atom stereocenters. The first kappa shape index (κ1) is 13.9. The Labute approximate surface area is 110 Å². The summed E-state index contributed by atoms with van der Waals surface area (Å²) in [5.74, 6) is 1.75. The van der Waals surface area contributed by atoms with Crippen LogP contribution in [-0.4, -0.2) is 18.6 Å². The van der Waals surface area contributed by atoms with E-state index in [2.05, 4.69) is 20.8 Å². The number of esters is 1. The number of nitrogens with two attached hydrogens (primary N) is 1. The molecule has 3 unspecified atom stereocenters.